The number of esters is 1. The average Bonchev–Trinajstić information content (AvgIpc) is 2.18. The standard InChI is InChI=1S/C10H12BrNO3/c1-3-15-10(13)6-4-5-7(11)9(14-2)8(6)12/h4-5H,3,12H2,1-2H3. The molecule has 0 spiro atoms. The molecule has 1 aromatic carbocycles. The van der Waals surface area contributed by atoms with Crippen molar-refractivity contribution in [3.8, 4) is 5.75 Å². The number of nitrogen functional groups attached to an aromatic ring is 1. The van der Waals surface area contributed by atoms with Crippen LogP contribution in [0.25, 0.3) is 0 Å². The second-order valence-corrected chi connectivity index (χ2v) is 3.62. The first kappa shape index (κ1) is 11.8. The highest BCUT2D eigenvalue weighted by molar-refractivity contribution is 9.10. The smallest absolute Gasteiger partial charge is 0.340 e. The lowest BCUT2D eigenvalue weighted by Crippen LogP contribution is -2.09. The van der Waals surface area contributed by atoms with Crippen LogP contribution < -0.4 is 10.5 Å². The van der Waals surface area contributed by atoms with E-state index in [0.29, 0.717) is 22.4 Å². The van der Waals surface area contributed by atoms with E-state index < -0.39 is 5.97 Å². The molecular formula is C10H12BrNO3. The fraction of sp³-hybridized carbons (Fsp3) is 0.300. The van der Waals surface area contributed by atoms with Gasteiger partial charge in [-0.25, -0.2) is 4.79 Å². The van der Waals surface area contributed by atoms with Crippen LogP contribution in [0, 0.1) is 0 Å². The molecule has 5 heteroatoms. The first-order chi connectivity index (χ1) is 7.11. The quantitative estimate of drug-likeness (QED) is 0.678. The zero-order valence-electron chi connectivity index (χ0n) is 8.54. The highest BCUT2D eigenvalue weighted by atomic mass is 79.9. The predicted octanol–water partition coefficient (Wildman–Crippen LogP) is 2.22. The monoisotopic (exact) mass is 273 g/mol. The molecule has 2 N–H and O–H groups in total. The van der Waals surface area contributed by atoms with Crippen LogP contribution in [-0.4, -0.2) is 19.7 Å². The van der Waals surface area contributed by atoms with Crippen molar-refractivity contribution in [2.24, 2.45) is 0 Å². The van der Waals surface area contributed by atoms with Crippen molar-refractivity contribution in [2.75, 3.05) is 19.5 Å². The topological polar surface area (TPSA) is 61.5 Å². The molecular weight excluding hydrogens is 262 g/mol. The molecule has 0 aliphatic heterocycles. The highest BCUT2D eigenvalue weighted by Gasteiger charge is 2.16. The third kappa shape index (κ3) is 2.41. The molecule has 1 rings (SSSR count). The van der Waals surface area contributed by atoms with Crippen LogP contribution in [0.3, 0.4) is 0 Å². The number of halogens is 1. The Labute approximate surface area is 96.5 Å². The van der Waals surface area contributed by atoms with E-state index in [9.17, 15) is 4.79 Å². The number of anilines is 1. The van der Waals surface area contributed by atoms with E-state index in [1.165, 1.54) is 7.11 Å². The second kappa shape index (κ2) is 5.02. The van der Waals surface area contributed by atoms with Crippen LogP contribution in [0.2, 0.25) is 0 Å². The average molecular weight is 274 g/mol. The Morgan fingerprint density at radius 3 is 2.73 bits per heavy atom. The third-order valence-corrected chi connectivity index (χ3v) is 2.47. The lowest BCUT2D eigenvalue weighted by atomic mass is 10.1. The molecule has 0 radical (unpaired) electrons. The summed E-state index contributed by atoms with van der Waals surface area (Å²) in [6.07, 6.45) is 0. The van der Waals surface area contributed by atoms with Gasteiger partial charge < -0.3 is 15.2 Å². The summed E-state index contributed by atoms with van der Waals surface area (Å²) >= 11 is 3.27. The van der Waals surface area contributed by atoms with E-state index in [1.54, 1.807) is 19.1 Å². The van der Waals surface area contributed by atoms with Crippen LogP contribution in [0.15, 0.2) is 16.6 Å². The van der Waals surface area contributed by atoms with Gasteiger partial charge in [0.15, 0.2) is 5.75 Å². The molecule has 0 heterocycles. The van der Waals surface area contributed by atoms with E-state index >= 15 is 0 Å². The number of rotatable bonds is 3. The fourth-order valence-electron chi connectivity index (χ4n) is 1.17. The van der Waals surface area contributed by atoms with Crippen molar-refractivity contribution in [3.63, 3.8) is 0 Å². The Balaban J connectivity index is 3.15. The normalized spacial score (nSPS) is 9.80. The van der Waals surface area contributed by atoms with E-state index in [2.05, 4.69) is 15.9 Å². The molecule has 0 bridgehead atoms. The SMILES string of the molecule is CCOC(=O)c1ccc(Br)c(OC)c1N. The number of hydrogen-bond acceptors (Lipinski definition) is 4. The Morgan fingerprint density at radius 2 is 2.20 bits per heavy atom. The van der Waals surface area contributed by atoms with Crippen molar-refractivity contribution in [1.29, 1.82) is 0 Å². The molecule has 0 atom stereocenters. The summed E-state index contributed by atoms with van der Waals surface area (Å²) in [6.45, 7) is 2.06. The molecule has 0 saturated carbocycles. The Morgan fingerprint density at radius 1 is 1.53 bits per heavy atom. The van der Waals surface area contributed by atoms with Gasteiger partial charge in [-0.15, -0.1) is 0 Å². The summed E-state index contributed by atoms with van der Waals surface area (Å²) in [6, 6.07) is 3.29. The van der Waals surface area contributed by atoms with Crippen LogP contribution in [0.1, 0.15) is 17.3 Å². The molecule has 0 aromatic heterocycles. The molecule has 0 fully saturated rings. The molecule has 0 unspecified atom stereocenters. The second-order valence-electron chi connectivity index (χ2n) is 2.76. The largest absolute Gasteiger partial charge is 0.493 e. The summed E-state index contributed by atoms with van der Waals surface area (Å²) in [5.74, 6) is 0.00125. The molecule has 82 valence electrons. The predicted molar refractivity (Wildman–Crippen MR) is 61.1 cm³/mol. The van der Waals surface area contributed by atoms with Gasteiger partial charge in [-0.2, -0.15) is 0 Å². The zero-order chi connectivity index (χ0) is 11.4. The number of ether oxygens (including phenoxy) is 2. The number of methoxy groups -OCH3 is 1. The molecule has 0 amide bonds. The fourth-order valence-corrected chi connectivity index (χ4v) is 1.67. The molecule has 15 heavy (non-hydrogen) atoms. The maximum atomic E-state index is 11.5. The number of benzene rings is 1. The van der Waals surface area contributed by atoms with Gasteiger partial charge in [-0.3, -0.25) is 0 Å². The highest BCUT2D eigenvalue weighted by Crippen LogP contribution is 2.33. The molecule has 0 saturated heterocycles. The van der Waals surface area contributed by atoms with Crippen molar-refractivity contribution >= 4 is 27.6 Å². The summed E-state index contributed by atoms with van der Waals surface area (Å²) in [5.41, 5.74) is 6.37. The van der Waals surface area contributed by atoms with Crippen LogP contribution >= 0.6 is 15.9 Å². The minimum absolute atomic E-state index is 0.283. The number of carbonyl (C=O) groups is 1. The molecule has 4 nitrogen and oxygen atoms in total. The molecule has 0 aliphatic rings. The van der Waals surface area contributed by atoms with E-state index in [-0.39, 0.29) is 5.69 Å². The summed E-state index contributed by atoms with van der Waals surface area (Å²) in [7, 11) is 1.49. The van der Waals surface area contributed by atoms with E-state index in [0.717, 1.165) is 0 Å². The van der Waals surface area contributed by atoms with Gasteiger partial charge in [0.05, 0.1) is 29.4 Å². The van der Waals surface area contributed by atoms with Gasteiger partial charge in [0.1, 0.15) is 0 Å². The van der Waals surface area contributed by atoms with Gasteiger partial charge >= 0.3 is 5.97 Å². The van der Waals surface area contributed by atoms with Gasteiger partial charge in [0, 0.05) is 0 Å². The van der Waals surface area contributed by atoms with Crippen molar-refractivity contribution < 1.29 is 14.3 Å². The van der Waals surface area contributed by atoms with Crippen LogP contribution in [0.5, 0.6) is 5.75 Å². The van der Waals surface area contributed by atoms with Gasteiger partial charge in [-0.05, 0) is 35.0 Å². The molecule has 1 aromatic rings. The van der Waals surface area contributed by atoms with E-state index in [4.69, 9.17) is 15.2 Å². The maximum absolute atomic E-state index is 11.5. The lowest BCUT2D eigenvalue weighted by molar-refractivity contribution is 0.0527. The zero-order valence-corrected chi connectivity index (χ0v) is 10.1. The maximum Gasteiger partial charge on any atom is 0.340 e. The minimum atomic E-state index is -0.444. The van der Waals surface area contributed by atoms with Gasteiger partial charge in [0.2, 0.25) is 0 Å². The first-order valence-electron chi connectivity index (χ1n) is 4.40. The summed E-state index contributed by atoms with van der Waals surface area (Å²) in [4.78, 5) is 11.5. The first-order valence-corrected chi connectivity index (χ1v) is 5.20. The van der Waals surface area contributed by atoms with Crippen molar-refractivity contribution in [2.45, 2.75) is 6.92 Å². The number of carbonyl (C=O) groups excluding carboxylic acids is 1. The van der Waals surface area contributed by atoms with Crippen LogP contribution in [0.4, 0.5) is 5.69 Å². The summed E-state index contributed by atoms with van der Waals surface area (Å²) in [5, 5.41) is 0. The Kier molecular flexibility index (Phi) is 3.96. The van der Waals surface area contributed by atoms with E-state index in [1.807, 2.05) is 0 Å². The van der Waals surface area contributed by atoms with Gasteiger partial charge in [-0.1, -0.05) is 0 Å². The van der Waals surface area contributed by atoms with Gasteiger partial charge in [0.25, 0.3) is 0 Å². The third-order valence-electron chi connectivity index (χ3n) is 1.85. The van der Waals surface area contributed by atoms with Crippen LogP contribution in [-0.2, 0) is 4.74 Å². The number of hydrogen-bond donors (Lipinski definition) is 1. The lowest BCUT2D eigenvalue weighted by Gasteiger charge is -2.10. The molecule has 0 aliphatic carbocycles. The Hall–Kier alpha value is -1.23. The minimum Gasteiger partial charge on any atom is -0.493 e. The van der Waals surface area contributed by atoms with Crippen molar-refractivity contribution in [3.05, 3.63) is 22.2 Å². The number of nitrogens with two attached hydrogens (primary N) is 1. The summed E-state index contributed by atoms with van der Waals surface area (Å²) < 4.78 is 10.6. The van der Waals surface area contributed by atoms with Crippen molar-refractivity contribution in [1.82, 2.24) is 0 Å². The Bertz CT molecular complexity index is 379.